The molecule has 0 saturated carbocycles. The number of fused-ring (bicyclic) bond motifs is 1. The summed E-state index contributed by atoms with van der Waals surface area (Å²) in [6.07, 6.45) is 20.5. The minimum atomic E-state index is -0.0552. The van der Waals surface area contributed by atoms with Crippen LogP contribution in [0.5, 0.6) is 5.75 Å². The second-order valence-electron chi connectivity index (χ2n) is 10.1. The SMILES string of the molecule is CCCCCCCCCCCCCC(=O)Oc1cccc2c1CC(N(CCC)CCC)CC2. The Kier molecular flexibility index (Phi) is 14.5. The lowest BCUT2D eigenvalue weighted by molar-refractivity contribution is -0.134. The smallest absolute Gasteiger partial charge is 0.311 e. The van der Waals surface area contributed by atoms with Crippen LogP contribution in [-0.4, -0.2) is 30.0 Å². The highest BCUT2D eigenvalue weighted by atomic mass is 16.5. The maximum Gasteiger partial charge on any atom is 0.311 e. The van der Waals surface area contributed by atoms with Gasteiger partial charge in [-0.3, -0.25) is 4.79 Å². The van der Waals surface area contributed by atoms with Crippen LogP contribution in [0.2, 0.25) is 0 Å². The zero-order chi connectivity index (χ0) is 23.7. The van der Waals surface area contributed by atoms with Gasteiger partial charge in [0.2, 0.25) is 0 Å². The van der Waals surface area contributed by atoms with Crippen LogP contribution in [0.3, 0.4) is 0 Å². The van der Waals surface area contributed by atoms with E-state index in [0.717, 1.165) is 44.5 Å². The summed E-state index contributed by atoms with van der Waals surface area (Å²) in [4.78, 5) is 15.2. The molecule has 0 spiro atoms. The van der Waals surface area contributed by atoms with Crippen molar-refractivity contribution in [3.63, 3.8) is 0 Å². The van der Waals surface area contributed by atoms with Gasteiger partial charge >= 0.3 is 5.97 Å². The molecule has 0 fully saturated rings. The molecule has 0 aliphatic heterocycles. The predicted molar refractivity (Wildman–Crippen MR) is 141 cm³/mol. The van der Waals surface area contributed by atoms with E-state index in [1.165, 1.54) is 88.2 Å². The second-order valence-corrected chi connectivity index (χ2v) is 10.1. The first-order chi connectivity index (χ1) is 16.2. The normalized spacial score (nSPS) is 15.6. The lowest BCUT2D eigenvalue weighted by Crippen LogP contribution is -2.40. The zero-order valence-electron chi connectivity index (χ0n) is 22.0. The Hall–Kier alpha value is -1.35. The summed E-state index contributed by atoms with van der Waals surface area (Å²) in [5, 5.41) is 0. The molecule has 1 aromatic rings. The molecular formula is C30H51NO2. The number of unbranched alkanes of at least 4 members (excludes halogenated alkanes) is 10. The average Bonchev–Trinajstić information content (AvgIpc) is 2.82. The maximum atomic E-state index is 12.5. The number of hydrogen-bond acceptors (Lipinski definition) is 3. The van der Waals surface area contributed by atoms with Crippen LogP contribution in [-0.2, 0) is 17.6 Å². The molecule has 188 valence electrons. The maximum absolute atomic E-state index is 12.5. The molecule has 0 radical (unpaired) electrons. The first kappa shape index (κ1) is 27.9. The highest BCUT2D eigenvalue weighted by Crippen LogP contribution is 2.32. The minimum Gasteiger partial charge on any atom is -0.426 e. The van der Waals surface area contributed by atoms with E-state index < -0.39 is 0 Å². The second kappa shape index (κ2) is 17.1. The van der Waals surface area contributed by atoms with E-state index in [-0.39, 0.29) is 5.97 Å². The summed E-state index contributed by atoms with van der Waals surface area (Å²) in [6.45, 7) is 9.13. The number of hydrogen-bond donors (Lipinski definition) is 0. The topological polar surface area (TPSA) is 29.5 Å². The lowest BCUT2D eigenvalue weighted by Gasteiger charge is -2.35. The third-order valence-corrected chi connectivity index (χ3v) is 7.16. The van der Waals surface area contributed by atoms with E-state index >= 15 is 0 Å². The number of aryl methyl sites for hydroxylation is 1. The van der Waals surface area contributed by atoms with Crippen LogP contribution in [0.1, 0.15) is 128 Å². The molecule has 2 rings (SSSR count). The van der Waals surface area contributed by atoms with Crippen molar-refractivity contribution in [3.8, 4) is 5.75 Å². The van der Waals surface area contributed by atoms with Gasteiger partial charge in [0, 0.05) is 12.5 Å². The van der Waals surface area contributed by atoms with Crippen molar-refractivity contribution >= 4 is 5.97 Å². The van der Waals surface area contributed by atoms with E-state index in [1.54, 1.807) is 0 Å². The summed E-state index contributed by atoms with van der Waals surface area (Å²) in [5.41, 5.74) is 2.65. The average molecular weight is 458 g/mol. The Labute approximate surface area is 204 Å². The summed E-state index contributed by atoms with van der Waals surface area (Å²) in [6, 6.07) is 6.85. The Morgan fingerprint density at radius 2 is 1.45 bits per heavy atom. The first-order valence-corrected chi connectivity index (χ1v) is 14.2. The molecule has 3 heteroatoms. The van der Waals surface area contributed by atoms with Crippen molar-refractivity contribution in [3.05, 3.63) is 29.3 Å². The summed E-state index contributed by atoms with van der Waals surface area (Å²) < 4.78 is 5.90. The largest absolute Gasteiger partial charge is 0.426 e. The third kappa shape index (κ3) is 10.6. The van der Waals surface area contributed by atoms with Crippen LogP contribution in [0.15, 0.2) is 18.2 Å². The highest BCUT2D eigenvalue weighted by Gasteiger charge is 2.26. The fraction of sp³-hybridized carbons (Fsp3) is 0.767. The first-order valence-electron chi connectivity index (χ1n) is 14.2. The van der Waals surface area contributed by atoms with Gasteiger partial charge in [0.15, 0.2) is 0 Å². The molecule has 1 aromatic carbocycles. The molecule has 0 heterocycles. The minimum absolute atomic E-state index is 0.0552. The Bertz CT molecular complexity index is 651. The molecule has 1 aliphatic carbocycles. The molecule has 1 aliphatic rings. The monoisotopic (exact) mass is 457 g/mol. The van der Waals surface area contributed by atoms with Gasteiger partial charge in [0.25, 0.3) is 0 Å². The number of rotatable bonds is 18. The van der Waals surface area contributed by atoms with Crippen molar-refractivity contribution < 1.29 is 9.53 Å². The van der Waals surface area contributed by atoms with E-state index in [0.29, 0.717) is 12.5 Å². The van der Waals surface area contributed by atoms with Crippen molar-refractivity contribution in [2.75, 3.05) is 13.1 Å². The molecule has 0 aromatic heterocycles. The molecule has 3 nitrogen and oxygen atoms in total. The van der Waals surface area contributed by atoms with Crippen LogP contribution >= 0.6 is 0 Å². The Balaban J connectivity index is 1.70. The van der Waals surface area contributed by atoms with E-state index in [1.807, 2.05) is 6.07 Å². The standard InChI is InChI=1S/C30H51NO2/c1-4-7-8-9-10-11-12-13-14-15-16-20-30(32)33-29-19-17-18-26-21-22-27(25-28(26)29)31(23-5-2)24-6-3/h17-19,27H,4-16,20-25H2,1-3H3. The zero-order valence-corrected chi connectivity index (χ0v) is 22.0. The van der Waals surface area contributed by atoms with Gasteiger partial charge in [0.1, 0.15) is 5.75 Å². The number of ether oxygens (including phenoxy) is 1. The summed E-state index contributed by atoms with van der Waals surface area (Å²) in [7, 11) is 0. The molecular weight excluding hydrogens is 406 g/mol. The lowest BCUT2D eigenvalue weighted by atomic mass is 9.86. The van der Waals surface area contributed by atoms with Gasteiger partial charge in [0.05, 0.1) is 0 Å². The molecule has 0 amide bonds. The van der Waals surface area contributed by atoms with Crippen LogP contribution < -0.4 is 4.74 Å². The summed E-state index contributed by atoms with van der Waals surface area (Å²) in [5.74, 6) is 0.763. The van der Waals surface area contributed by atoms with Gasteiger partial charge in [-0.1, -0.05) is 97.1 Å². The molecule has 0 N–H and O–H groups in total. The number of nitrogens with zero attached hydrogens (tertiary/aromatic N) is 1. The van der Waals surface area contributed by atoms with Gasteiger partial charge in [-0.15, -0.1) is 0 Å². The van der Waals surface area contributed by atoms with Crippen molar-refractivity contribution in [2.24, 2.45) is 0 Å². The van der Waals surface area contributed by atoms with Crippen molar-refractivity contribution in [1.82, 2.24) is 4.90 Å². The fourth-order valence-corrected chi connectivity index (χ4v) is 5.30. The quantitative estimate of drug-likeness (QED) is 0.126. The number of carbonyl (C=O) groups excluding carboxylic acids is 1. The Morgan fingerprint density at radius 1 is 0.848 bits per heavy atom. The van der Waals surface area contributed by atoms with Gasteiger partial charge in [-0.25, -0.2) is 0 Å². The van der Waals surface area contributed by atoms with Crippen molar-refractivity contribution in [2.45, 2.75) is 136 Å². The number of esters is 1. The number of carbonyl (C=O) groups is 1. The molecule has 0 bridgehead atoms. The predicted octanol–water partition coefficient (Wildman–Crippen LogP) is 8.27. The van der Waals surface area contributed by atoms with E-state index in [4.69, 9.17) is 4.74 Å². The molecule has 33 heavy (non-hydrogen) atoms. The van der Waals surface area contributed by atoms with E-state index in [9.17, 15) is 4.79 Å². The van der Waals surface area contributed by atoms with E-state index in [2.05, 4.69) is 37.8 Å². The van der Waals surface area contributed by atoms with Crippen LogP contribution in [0, 0.1) is 0 Å². The highest BCUT2D eigenvalue weighted by molar-refractivity contribution is 5.73. The van der Waals surface area contributed by atoms with Crippen LogP contribution in [0.4, 0.5) is 0 Å². The molecule has 1 atom stereocenters. The van der Waals surface area contributed by atoms with Gasteiger partial charge in [-0.05, 0) is 68.8 Å². The van der Waals surface area contributed by atoms with Gasteiger partial charge in [-0.2, -0.15) is 0 Å². The molecule has 0 saturated heterocycles. The van der Waals surface area contributed by atoms with Gasteiger partial charge < -0.3 is 9.64 Å². The third-order valence-electron chi connectivity index (χ3n) is 7.16. The van der Waals surface area contributed by atoms with Crippen molar-refractivity contribution in [1.29, 1.82) is 0 Å². The number of benzene rings is 1. The van der Waals surface area contributed by atoms with Crippen LogP contribution in [0.25, 0.3) is 0 Å². The summed E-state index contributed by atoms with van der Waals surface area (Å²) >= 11 is 0. The fourth-order valence-electron chi connectivity index (χ4n) is 5.30. The Morgan fingerprint density at radius 3 is 2.06 bits per heavy atom. The molecule has 1 unspecified atom stereocenters.